The summed E-state index contributed by atoms with van der Waals surface area (Å²) in [6.07, 6.45) is 0. The zero-order valence-electron chi connectivity index (χ0n) is 12.6. The zero-order chi connectivity index (χ0) is 15.2. The Hall–Kier alpha value is -2.20. The summed E-state index contributed by atoms with van der Waals surface area (Å²) in [4.78, 5) is 0. The van der Waals surface area contributed by atoms with E-state index in [2.05, 4.69) is 0 Å². The van der Waals surface area contributed by atoms with Gasteiger partial charge in [0.15, 0.2) is 0 Å². The van der Waals surface area contributed by atoms with Crippen LogP contribution in [0.3, 0.4) is 0 Å². The summed E-state index contributed by atoms with van der Waals surface area (Å²) in [5, 5.41) is 0. The molecule has 112 valence electrons. The summed E-state index contributed by atoms with van der Waals surface area (Å²) in [7, 11) is 3.28. The minimum Gasteiger partial charge on any atom is -0.497 e. The lowest BCUT2D eigenvalue weighted by Gasteiger charge is -2.14. The van der Waals surface area contributed by atoms with Gasteiger partial charge in [0.2, 0.25) is 0 Å². The van der Waals surface area contributed by atoms with Gasteiger partial charge < -0.3 is 19.9 Å². The highest BCUT2D eigenvalue weighted by Crippen LogP contribution is 2.25. The Morgan fingerprint density at radius 3 is 2.43 bits per heavy atom. The molecular formula is C17H21NO3. The maximum Gasteiger partial charge on any atom is 0.125 e. The SMILES string of the molecule is COc1cccc(OCc2cc(C(C)N)ccc2OC)c1. The number of ether oxygens (including phenoxy) is 3. The Balaban J connectivity index is 2.16. The van der Waals surface area contributed by atoms with Crippen molar-refractivity contribution in [1.82, 2.24) is 0 Å². The molecular weight excluding hydrogens is 266 g/mol. The van der Waals surface area contributed by atoms with Gasteiger partial charge in [0, 0.05) is 17.7 Å². The van der Waals surface area contributed by atoms with Crippen LogP contribution < -0.4 is 19.9 Å². The zero-order valence-corrected chi connectivity index (χ0v) is 12.6. The van der Waals surface area contributed by atoms with E-state index in [4.69, 9.17) is 19.9 Å². The molecule has 0 aliphatic heterocycles. The first kappa shape index (κ1) is 15.2. The van der Waals surface area contributed by atoms with Crippen LogP contribution in [-0.4, -0.2) is 14.2 Å². The van der Waals surface area contributed by atoms with Gasteiger partial charge in [0.1, 0.15) is 23.9 Å². The van der Waals surface area contributed by atoms with Crippen LogP contribution in [0.2, 0.25) is 0 Å². The van der Waals surface area contributed by atoms with E-state index in [1.54, 1.807) is 14.2 Å². The second-order valence-corrected chi connectivity index (χ2v) is 4.83. The molecule has 0 fully saturated rings. The molecule has 0 aliphatic rings. The monoisotopic (exact) mass is 287 g/mol. The Kier molecular flexibility index (Phi) is 5.06. The van der Waals surface area contributed by atoms with Crippen molar-refractivity contribution in [3.05, 3.63) is 53.6 Å². The molecule has 0 bridgehead atoms. The van der Waals surface area contributed by atoms with Gasteiger partial charge in [-0.05, 0) is 36.8 Å². The Labute approximate surface area is 125 Å². The maximum absolute atomic E-state index is 5.92. The van der Waals surface area contributed by atoms with Crippen molar-refractivity contribution >= 4 is 0 Å². The fourth-order valence-corrected chi connectivity index (χ4v) is 2.05. The molecule has 0 saturated heterocycles. The lowest BCUT2D eigenvalue weighted by atomic mass is 10.1. The first-order valence-corrected chi connectivity index (χ1v) is 6.83. The van der Waals surface area contributed by atoms with E-state index in [9.17, 15) is 0 Å². The molecule has 2 rings (SSSR count). The van der Waals surface area contributed by atoms with Gasteiger partial charge in [-0.15, -0.1) is 0 Å². The third-order valence-electron chi connectivity index (χ3n) is 3.27. The molecule has 0 aliphatic carbocycles. The molecule has 21 heavy (non-hydrogen) atoms. The Bertz CT molecular complexity index is 596. The summed E-state index contributed by atoms with van der Waals surface area (Å²) < 4.78 is 16.4. The number of rotatable bonds is 6. The molecule has 4 heteroatoms. The molecule has 0 spiro atoms. The number of methoxy groups -OCH3 is 2. The van der Waals surface area contributed by atoms with Crippen LogP contribution in [0.5, 0.6) is 17.2 Å². The van der Waals surface area contributed by atoms with Crippen molar-refractivity contribution in [2.45, 2.75) is 19.6 Å². The van der Waals surface area contributed by atoms with E-state index in [0.29, 0.717) is 6.61 Å². The highest BCUT2D eigenvalue weighted by atomic mass is 16.5. The maximum atomic E-state index is 5.92. The predicted octanol–water partition coefficient (Wildman–Crippen LogP) is 3.30. The number of hydrogen-bond donors (Lipinski definition) is 1. The summed E-state index contributed by atoms with van der Waals surface area (Å²) >= 11 is 0. The van der Waals surface area contributed by atoms with Gasteiger partial charge in [0.05, 0.1) is 14.2 Å². The standard InChI is InChI=1S/C17H21NO3/c1-12(18)13-7-8-17(20-3)14(9-13)11-21-16-6-4-5-15(10-16)19-2/h4-10,12H,11,18H2,1-3H3. The van der Waals surface area contributed by atoms with Crippen molar-refractivity contribution in [2.24, 2.45) is 5.73 Å². The van der Waals surface area contributed by atoms with Gasteiger partial charge >= 0.3 is 0 Å². The minimum atomic E-state index is -0.0218. The largest absolute Gasteiger partial charge is 0.497 e. The van der Waals surface area contributed by atoms with Crippen molar-refractivity contribution < 1.29 is 14.2 Å². The summed E-state index contributed by atoms with van der Waals surface area (Å²) in [5.74, 6) is 2.31. The number of nitrogens with two attached hydrogens (primary N) is 1. The Morgan fingerprint density at radius 2 is 1.76 bits per heavy atom. The molecule has 1 unspecified atom stereocenters. The van der Waals surface area contributed by atoms with Crippen LogP contribution in [0.15, 0.2) is 42.5 Å². The first-order chi connectivity index (χ1) is 10.1. The van der Waals surface area contributed by atoms with Crippen LogP contribution in [0.1, 0.15) is 24.1 Å². The highest BCUT2D eigenvalue weighted by molar-refractivity contribution is 5.39. The normalized spacial score (nSPS) is 11.8. The molecule has 0 amide bonds. The van der Waals surface area contributed by atoms with E-state index >= 15 is 0 Å². The molecule has 0 heterocycles. The Morgan fingerprint density at radius 1 is 1.00 bits per heavy atom. The minimum absolute atomic E-state index is 0.0218. The van der Waals surface area contributed by atoms with E-state index in [1.165, 1.54) is 0 Å². The van der Waals surface area contributed by atoms with Crippen molar-refractivity contribution in [3.63, 3.8) is 0 Å². The summed E-state index contributed by atoms with van der Waals surface area (Å²) in [6.45, 7) is 2.37. The smallest absolute Gasteiger partial charge is 0.125 e. The van der Waals surface area contributed by atoms with Gasteiger partial charge in [-0.25, -0.2) is 0 Å². The van der Waals surface area contributed by atoms with Gasteiger partial charge in [0.25, 0.3) is 0 Å². The van der Waals surface area contributed by atoms with Gasteiger partial charge in [-0.3, -0.25) is 0 Å². The number of benzene rings is 2. The molecule has 0 aromatic heterocycles. The van der Waals surface area contributed by atoms with Gasteiger partial charge in [-0.2, -0.15) is 0 Å². The third-order valence-corrected chi connectivity index (χ3v) is 3.27. The second kappa shape index (κ2) is 6.99. The average Bonchev–Trinajstić information content (AvgIpc) is 2.52. The highest BCUT2D eigenvalue weighted by Gasteiger charge is 2.08. The molecule has 2 aromatic carbocycles. The molecule has 0 radical (unpaired) electrons. The van der Waals surface area contributed by atoms with Crippen LogP contribution in [0.4, 0.5) is 0 Å². The first-order valence-electron chi connectivity index (χ1n) is 6.83. The molecule has 2 N–H and O–H groups in total. The van der Waals surface area contributed by atoms with Crippen molar-refractivity contribution in [2.75, 3.05) is 14.2 Å². The van der Waals surface area contributed by atoms with Gasteiger partial charge in [-0.1, -0.05) is 12.1 Å². The lowest BCUT2D eigenvalue weighted by molar-refractivity contribution is 0.294. The van der Waals surface area contributed by atoms with Crippen LogP contribution in [0, 0.1) is 0 Å². The predicted molar refractivity (Wildman–Crippen MR) is 82.9 cm³/mol. The third kappa shape index (κ3) is 3.89. The quantitative estimate of drug-likeness (QED) is 0.885. The van der Waals surface area contributed by atoms with E-state index < -0.39 is 0 Å². The second-order valence-electron chi connectivity index (χ2n) is 4.83. The summed E-state index contributed by atoms with van der Waals surface area (Å²) in [6, 6.07) is 13.4. The summed E-state index contributed by atoms with van der Waals surface area (Å²) in [5.41, 5.74) is 7.94. The fourth-order valence-electron chi connectivity index (χ4n) is 2.05. The van der Waals surface area contributed by atoms with Crippen LogP contribution in [0.25, 0.3) is 0 Å². The number of hydrogen-bond acceptors (Lipinski definition) is 4. The molecule has 1 atom stereocenters. The van der Waals surface area contributed by atoms with E-state index in [1.807, 2.05) is 49.4 Å². The topological polar surface area (TPSA) is 53.7 Å². The fraction of sp³-hybridized carbons (Fsp3) is 0.294. The van der Waals surface area contributed by atoms with Crippen molar-refractivity contribution in [3.8, 4) is 17.2 Å². The lowest BCUT2D eigenvalue weighted by Crippen LogP contribution is -2.07. The van der Waals surface area contributed by atoms with Crippen LogP contribution in [-0.2, 0) is 6.61 Å². The average molecular weight is 287 g/mol. The molecule has 0 saturated carbocycles. The van der Waals surface area contributed by atoms with Crippen molar-refractivity contribution in [1.29, 1.82) is 0 Å². The van der Waals surface area contributed by atoms with E-state index in [-0.39, 0.29) is 6.04 Å². The van der Waals surface area contributed by atoms with E-state index in [0.717, 1.165) is 28.4 Å². The molecule has 4 nitrogen and oxygen atoms in total. The van der Waals surface area contributed by atoms with Crippen LogP contribution >= 0.6 is 0 Å². The molecule has 2 aromatic rings.